The van der Waals surface area contributed by atoms with E-state index in [1.807, 2.05) is 24.3 Å². The van der Waals surface area contributed by atoms with Crippen molar-refractivity contribution < 1.29 is 9.26 Å². The molecule has 0 atom stereocenters. The van der Waals surface area contributed by atoms with E-state index < -0.39 is 5.63 Å². The third-order valence-corrected chi connectivity index (χ3v) is 3.92. The fourth-order valence-corrected chi connectivity index (χ4v) is 2.61. The maximum Gasteiger partial charge on any atom is 0.385 e. The zero-order chi connectivity index (χ0) is 17.9. The monoisotopic (exact) mass is 346 g/mol. The van der Waals surface area contributed by atoms with Crippen molar-refractivity contribution in [1.82, 2.24) is 10.1 Å². The van der Waals surface area contributed by atoms with Crippen LogP contribution in [0.4, 0.5) is 11.4 Å². The van der Waals surface area contributed by atoms with Gasteiger partial charge in [-0.1, -0.05) is 18.2 Å². The summed E-state index contributed by atoms with van der Waals surface area (Å²) >= 11 is 0. The lowest BCUT2D eigenvalue weighted by Gasteiger charge is -2.01. The third-order valence-electron chi connectivity index (χ3n) is 3.92. The molecule has 26 heavy (non-hydrogen) atoms. The number of H-pyrrole nitrogens is 1. The number of azo groups is 1. The van der Waals surface area contributed by atoms with Gasteiger partial charge >= 0.3 is 5.63 Å². The maximum absolute atomic E-state index is 12.0. The Hall–Kier alpha value is -3.74. The van der Waals surface area contributed by atoms with Gasteiger partial charge in [0, 0.05) is 17.1 Å². The molecule has 4 rings (SSSR count). The number of methoxy groups -OCH3 is 1. The number of aromatic nitrogens is 2. The zero-order valence-corrected chi connectivity index (χ0v) is 13.8. The van der Waals surface area contributed by atoms with Crippen molar-refractivity contribution in [1.29, 1.82) is 0 Å². The summed E-state index contributed by atoms with van der Waals surface area (Å²) in [6, 6.07) is 16.6. The molecule has 0 saturated heterocycles. The van der Waals surface area contributed by atoms with E-state index in [-0.39, 0.29) is 5.69 Å². The van der Waals surface area contributed by atoms with Gasteiger partial charge < -0.3 is 9.26 Å². The Bertz CT molecular complexity index is 1140. The molecule has 0 aliphatic carbocycles. The Morgan fingerprint density at radius 1 is 1.04 bits per heavy atom. The molecule has 0 bridgehead atoms. The van der Waals surface area contributed by atoms with Gasteiger partial charge in [-0.2, -0.15) is 0 Å². The van der Waals surface area contributed by atoms with E-state index >= 15 is 0 Å². The highest BCUT2D eigenvalue weighted by Gasteiger charge is 2.14. The van der Waals surface area contributed by atoms with Crippen molar-refractivity contribution in [3.8, 4) is 17.0 Å². The van der Waals surface area contributed by atoms with Crippen LogP contribution >= 0.6 is 0 Å². The van der Waals surface area contributed by atoms with Gasteiger partial charge in [0.25, 0.3) is 0 Å². The van der Waals surface area contributed by atoms with E-state index in [1.54, 1.807) is 43.6 Å². The van der Waals surface area contributed by atoms with Crippen LogP contribution in [0.5, 0.6) is 5.75 Å². The summed E-state index contributed by atoms with van der Waals surface area (Å²) in [4.78, 5) is 16.4. The van der Waals surface area contributed by atoms with Crippen LogP contribution in [0.1, 0.15) is 0 Å². The Morgan fingerprint density at radius 3 is 2.65 bits per heavy atom. The molecule has 7 nitrogen and oxygen atoms in total. The van der Waals surface area contributed by atoms with Crippen molar-refractivity contribution in [2.45, 2.75) is 0 Å². The number of pyridine rings is 1. The lowest BCUT2D eigenvalue weighted by atomic mass is 10.1. The van der Waals surface area contributed by atoms with Gasteiger partial charge in [-0.3, -0.25) is 4.98 Å². The highest BCUT2D eigenvalue weighted by molar-refractivity contribution is 5.88. The van der Waals surface area contributed by atoms with Crippen LogP contribution < -0.4 is 10.4 Å². The molecular weight excluding hydrogens is 332 g/mol. The lowest BCUT2D eigenvalue weighted by molar-refractivity contribution is 0.394. The van der Waals surface area contributed by atoms with Crippen LogP contribution in [-0.4, -0.2) is 17.3 Å². The quantitative estimate of drug-likeness (QED) is 0.546. The molecule has 0 fully saturated rings. The first-order valence-corrected chi connectivity index (χ1v) is 7.87. The fourth-order valence-electron chi connectivity index (χ4n) is 2.61. The summed E-state index contributed by atoms with van der Waals surface area (Å²) in [6.07, 6.45) is 1.69. The molecule has 0 amide bonds. The fraction of sp³-hybridized carbons (Fsp3) is 0.0526. The van der Waals surface area contributed by atoms with E-state index in [1.165, 1.54) is 0 Å². The molecule has 0 aliphatic rings. The largest absolute Gasteiger partial charge is 0.497 e. The second-order valence-electron chi connectivity index (χ2n) is 5.50. The summed E-state index contributed by atoms with van der Waals surface area (Å²) in [5.41, 5.74) is 1.99. The predicted octanol–water partition coefficient (Wildman–Crippen LogP) is 4.61. The molecule has 0 spiro atoms. The smallest absolute Gasteiger partial charge is 0.385 e. The van der Waals surface area contributed by atoms with Gasteiger partial charge in [0.1, 0.15) is 17.1 Å². The first kappa shape index (κ1) is 15.8. The summed E-state index contributed by atoms with van der Waals surface area (Å²) in [6.45, 7) is 0. The minimum Gasteiger partial charge on any atom is -0.497 e. The van der Waals surface area contributed by atoms with Gasteiger partial charge in [-0.25, -0.2) is 9.95 Å². The summed E-state index contributed by atoms with van der Waals surface area (Å²) in [7, 11) is 1.59. The number of nitrogens with one attached hydrogen (secondary N) is 1. The molecule has 1 N–H and O–H groups in total. The van der Waals surface area contributed by atoms with E-state index in [9.17, 15) is 4.79 Å². The SMILES string of the molecule is COc1ccc(-c2[nH]oc(=O)c2N=Nc2cccc3cccnc23)cc1. The van der Waals surface area contributed by atoms with Crippen molar-refractivity contribution in [3.05, 3.63) is 71.2 Å². The average molecular weight is 346 g/mol. The number of para-hydroxylation sites is 1. The molecule has 2 aromatic carbocycles. The molecular formula is C19H14N4O3. The van der Waals surface area contributed by atoms with E-state index in [4.69, 9.17) is 9.26 Å². The molecule has 7 heteroatoms. The van der Waals surface area contributed by atoms with Crippen molar-refractivity contribution in [2.24, 2.45) is 10.2 Å². The van der Waals surface area contributed by atoms with Crippen LogP contribution in [0.15, 0.2) is 80.3 Å². The minimum atomic E-state index is -0.590. The molecule has 4 aromatic rings. The van der Waals surface area contributed by atoms with E-state index in [0.717, 1.165) is 10.9 Å². The van der Waals surface area contributed by atoms with Crippen LogP contribution in [0.3, 0.4) is 0 Å². The Kier molecular flexibility index (Phi) is 4.03. The van der Waals surface area contributed by atoms with Gasteiger partial charge in [-0.15, -0.1) is 10.2 Å². The average Bonchev–Trinajstić information content (AvgIpc) is 3.07. The van der Waals surface area contributed by atoms with Gasteiger partial charge in [0.05, 0.1) is 12.6 Å². The number of ether oxygens (including phenoxy) is 1. The summed E-state index contributed by atoms with van der Waals surface area (Å²) in [5, 5.41) is 11.9. The van der Waals surface area contributed by atoms with E-state index in [2.05, 4.69) is 20.4 Å². The van der Waals surface area contributed by atoms with Crippen molar-refractivity contribution in [3.63, 3.8) is 0 Å². The number of hydrogen-bond acceptors (Lipinski definition) is 6. The van der Waals surface area contributed by atoms with Crippen molar-refractivity contribution in [2.75, 3.05) is 7.11 Å². The molecule has 128 valence electrons. The summed E-state index contributed by atoms with van der Waals surface area (Å²) in [5.74, 6) is 0.713. The number of rotatable bonds is 4. The predicted molar refractivity (Wildman–Crippen MR) is 97.2 cm³/mol. The van der Waals surface area contributed by atoms with Gasteiger partial charge in [0.15, 0.2) is 5.69 Å². The highest BCUT2D eigenvalue weighted by atomic mass is 16.5. The van der Waals surface area contributed by atoms with Gasteiger partial charge in [0.2, 0.25) is 0 Å². The first-order valence-electron chi connectivity index (χ1n) is 7.87. The second-order valence-corrected chi connectivity index (χ2v) is 5.50. The van der Waals surface area contributed by atoms with Crippen LogP contribution in [0.25, 0.3) is 22.2 Å². The lowest BCUT2D eigenvalue weighted by Crippen LogP contribution is -1.90. The third kappa shape index (κ3) is 2.86. The second kappa shape index (κ2) is 6.64. The zero-order valence-electron chi connectivity index (χ0n) is 13.8. The highest BCUT2D eigenvalue weighted by Crippen LogP contribution is 2.30. The minimum absolute atomic E-state index is 0.100. The number of hydrogen-bond donors (Lipinski definition) is 1. The molecule has 0 radical (unpaired) electrons. The van der Waals surface area contributed by atoms with Crippen LogP contribution in [0, 0.1) is 0 Å². The molecule has 0 aliphatic heterocycles. The summed E-state index contributed by atoms with van der Waals surface area (Å²) < 4.78 is 10.0. The molecule has 0 saturated carbocycles. The van der Waals surface area contributed by atoms with Crippen molar-refractivity contribution >= 4 is 22.3 Å². The number of fused-ring (bicyclic) bond motifs is 1. The molecule has 0 unspecified atom stereocenters. The molecule has 2 aromatic heterocycles. The number of nitrogens with zero attached hydrogens (tertiary/aromatic N) is 3. The Balaban J connectivity index is 1.75. The topological polar surface area (TPSA) is 92.8 Å². The Labute approximate surface area is 147 Å². The standard InChI is InChI=1S/C19H14N4O3/c1-25-14-9-7-13(8-10-14)17-18(19(24)26-23-17)22-21-15-6-2-4-12-5-3-11-20-16(12)15/h2-11,23H,1H3. The van der Waals surface area contributed by atoms with E-state index in [0.29, 0.717) is 22.6 Å². The van der Waals surface area contributed by atoms with Gasteiger partial charge in [-0.05, 0) is 36.4 Å². The van der Waals surface area contributed by atoms with Crippen LogP contribution in [0.2, 0.25) is 0 Å². The number of aromatic amines is 1. The molecule has 2 heterocycles. The van der Waals surface area contributed by atoms with Crippen LogP contribution in [-0.2, 0) is 0 Å². The first-order chi connectivity index (χ1) is 12.8. The normalized spacial score (nSPS) is 11.3. The Morgan fingerprint density at radius 2 is 1.85 bits per heavy atom. The maximum atomic E-state index is 12.0. The number of benzene rings is 2.